The van der Waals surface area contributed by atoms with Gasteiger partial charge >= 0.3 is 5.97 Å². The number of nitrogens with one attached hydrogen (secondary N) is 1. The van der Waals surface area contributed by atoms with E-state index in [4.69, 9.17) is 19.3 Å². The highest BCUT2D eigenvalue weighted by atomic mass is 16.5. The number of hydrogen-bond acceptors (Lipinski definition) is 8. The number of methoxy groups -OCH3 is 1. The first-order valence-electron chi connectivity index (χ1n) is 12.2. The second kappa shape index (κ2) is 15.2. The molecule has 0 aliphatic carbocycles. The predicted octanol–water partition coefficient (Wildman–Crippen LogP) is 4.21. The monoisotopic (exact) mass is 524 g/mol. The fourth-order valence-corrected chi connectivity index (χ4v) is 3.77. The molecule has 3 atom stereocenters. The molecule has 204 valence electrons. The minimum absolute atomic E-state index is 0.0353. The number of nitrogens with zero attached hydrogens (tertiary/aromatic N) is 1. The molecule has 2 aromatic rings. The van der Waals surface area contributed by atoms with E-state index in [1.165, 1.54) is 48.7 Å². The zero-order valence-corrected chi connectivity index (χ0v) is 22.1. The van der Waals surface area contributed by atoms with Gasteiger partial charge in [0.05, 0.1) is 19.8 Å². The zero-order chi connectivity index (χ0) is 28.1. The van der Waals surface area contributed by atoms with Gasteiger partial charge in [0, 0.05) is 18.9 Å². The number of cyclic esters (lactones) is 1. The summed E-state index contributed by atoms with van der Waals surface area (Å²) in [4.78, 5) is 29.1. The molecule has 1 aromatic heterocycles. The van der Waals surface area contributed by atoms with Crippen LogP contribution in [-0.2, 0) is 20.7 Å². The lowest BCUT2D eigenvalue weighted by atomic mass is 9.94. The molecule has 9 heteroatoms. The summed E-state index contributed by atoms with van der Waals surface area (Å²) in [5.74, 6) is -1.27. The molecular formula is C29H36N2O7. The van der Waals surface area contributed by atoms with Gasteiger partial charge in [-0.05, 0) is 50.3 Å². The van der Waals surface area contributed by atoms with Crippen molar-refractivity contribution in [2.45, 2.75) is 38.8 Å². The summed E-state index contributed by atoms with van der Waals surface area (Å²) in [6.45, 7) is 11.0. The fraction of sp³-hybridized carbons (Fsp3) is 0.345. The molecule has 9 nitrogen and oxygen atoms in total. The van der Waals surface area contributed by atoms with Gasteiger partial charge in [-0.2, -0.15) is 0 Å². The number of carbonyl (C=O) groups excluding carboxylic acids is 2. The minimum atomic E-state index is -1.01. The van der Waals surface area contributed by atoms with Crippen LogP contribution in [0.5, 0.6) is 11.5 Å². The van der Waals surface area contributed by atoms with E-state index in [-0.39, 0.29) is 35.8 Å². The SMILES string of the molecule is C=C/C=C(/O)C=C.COc1ccnc(C(=O)N[C@H]2COCC(Cc3ccc(C)cc3)CC(C)OC2=O)c1O. The van der Waals surface area contributed by atoms with Crippen LogP contribution in [0.4, 0.5) is 0 Å². The molecule has 2 heterocycles. The van der Waals surface area contributed by atoms with Gasteiger partial charge in [0.15, 0.2) is 23.2 Å². The second-order valence-electron chi connectivity index (χ2n) is 8.84. The van der Waals surface area contributed by atoms with Crippen molar-refractivity contribution in [1.82, 2.24) is 10.3 Å². The number of allylic oxidation sites excluding steroid dienone is 3. The van der Waals surface area contributed by atoms with Crippen LogP contribution in [0.3, 0.4) is 0 Å². The molecule has 1 aliphatic rings. The van der Waals surface area contributed by atoms with Crippen LogP contribution < -0.4 is 10.1 Å². The van der Waals surface area contributed by atoms with Gasteiger partial charge in [0.25, 0.3) is 5.91 Å². The van der Waals surface area contributed by atoms with Crippen LogP contribution >= 0.6 is 0 Å². The van der Waals surface area contributed by atoms with E-state index in [1.807, 2.05) is 13.8 Å². The van der Waals surface area contributed by atoms with Gasteiger partial charge in [-0.25, -0.2) is 9.78 Å². The Morgan fingerprint density at radius 2 is 1.95 bits per heavy atom. The van der Waals surface area contributed by atoms with E-state index < -0.39 is 23.7 Å². The summed E-state index contributed by atoms with van der Waals surface area (Å²) in [5.41, 5.74) is 2.16. The maximum Gasteiger partial charge on any atom is 0.331 e. The van der Waals surface area contributed by atoms with Gasteiger partial charge in [0.1, 0.15) is 5.76 Å². The van der Waals surface area contributed by atoms with E-state index in [9.17, 15) is 14.7 Å². The summed E-state index contributed by atoms with van der Waals surface area (Å²) in [6, 6.07) is 8.75. The molecule has 1 fully saturated rings. The normalized spacial score (nSPS) is 19.8. The Balaban J connectivity index is 0.000000638. The molecule has 0 bridgehead atoms. The first-order valence-corrected chi connectivity index (χ1v) is 12.2. The number of amides is 1. The highest BCUT2D eigenvalue weighted by molar-refractivity contribution is 5.98. The molecule has 3 N–H and O–H groups in total. The number of benzene rings is 1. The molecule has 0 spiro atoms. The first kappa shape index (κ1) is 30.1. The number of pyridine rings is 1. The van der Waals surface area contributed by atoms with Crippen molar-refractivity contribution in [3.63, 3.8) is 0 Å². The number of aromatic nitrogens is 1. The second-order valence-corrected chi connectivity index (χ2v) is 8.84. The number of aromatic hydroxyl groups is 1. The lowest BCUT2D eigenvalue weighted by molar-refractivity contribution is -0.151. The van der Waals surface area contributed by atoms with E-state index >= 15 is 0 Å². The fourth-order valence-electron chi connectivity index (χ4n) is 3.77. The average Bonchev–Trinajstić information content (AvgIpc) is 2.95. The quantitative estimate of drug-likeness (QED) is 0.279. The maximum atomic E-state index is 12.6. The highest BCUT2D eigenvalue weighted by Gasteiger charge is 2.30. The van der Waals surface area contributed by atoms with Crippen LogP contribution in [0.1, 0.15) is 35.0 Å². The van der Waals surface area contributed by atoms with Crippen LogP contribution in [-0.4, -0.2) is 59.5 Å². The van der Waals surface area contributed by atoms with Gasteiger partial charge in [-0.1, -0.05) is 49.1 Å². The van der Waals surface area contributed by atoms with Crippen molar-refractivity contribution in [2.75, 3.05) is 20.3 Å². The molecule has 0 radical (unpaired) electrons. The molecule has 1 aliphatic heterocycles. The third-order valence-electron chi connectivity index (χ3n) is 5.68. The van der Waals surface area contributed by atoms with Gasteiger partial charge < -0.3 is 29.7 Å². The topological polar surface area (TPSA) is 127 Å². The standard InChI is InChI=1S/C23H28N2O6.C6H8O/c1-14-4-6-16(7-5-14)11-17-10-15(2)31-23(28)18(13-30-12-17)25-22(27)20-21(26)19(29-3)8-9-24-20;1-3-5-6(7)4-2/h4-9,15,17-18,26H,10-13H2,1-3H3,(H,25,27);3-5,7H,1-2H2/b;6-5+/t15?,17?,18-;/m0./s1. The highest BCUT2D eigenvalue weighted by Crippen LogP contribution is 2.27. The van der Waals surface area contributed by atoms with Crippen LogP contribution in [0.2, 0.25) is 0 Å². The summed E-state index contributed by atoms with van der Waals surface area (Å²) in [5, 5.41) is 21.2. The number of rotatable bonds is 7. The number of carbonyl (C=O) groups is 2. The molecule has 1 amide bonds. The summed E-state index contributed by atoms with van der Waals surface area (Å²) in [7, 11) is 1.37. The average molecular weight is 525 g/mol. The molecular weight excluding hydrogens is 488 g/mol. The van der Waals surface area contributed by atoms with Crippen molar-refractivity contribution in [2.24, 2.45) is 5.92 Å². The van der Waals surface area contributed by atoms with Gasteiger partial charge in [0.2, 0.25) is 0 Å². The van der Waals surface area contributed by atoms with Crippen molar-refractivity contribution < 1.29 is 34.0 Å². The number of aryl methyl sites for hydroxylation is 1. The van der Waals surface area contributed by atoms with E-state index in [2.05, 4.69) is 47.7 Å². The number of aliphatic hydroxyl groups excluding tert-OH is 1. The molecule has 2 unspecified atom stereocenters. The zero-order valence-electron chi connectivity index (χ0n) is 22.1. The van der Waals surface area contributed by atoms with Gasteiger partial charge in [-0.3, -0.25) is 4.79 Å². The number of hydrogen-bond donors (Lipinski definition) is 3. The lowest BCUT2D eigenvalue weighted by Gasteiger charge is -2.20. The number of esters is 1. The van der Waals surface area contributed by atoms with E-state index in [0.29, 0.717) is 13.0 Å². The molecule has 0 saturated carbocycles. The van der Waals surface area contributed by atoms with E-state index in [0.717, 1.165) is 6.42 Å². The Morgan fingerprint density at radius 3 is 2.55 bits per heavy atom. The predicted molar refractivity (Wildman–Crippen MR) is 144 cm³/mol. The molecule has 1 saturated heterocycles. The van der Waals surface area contributed by atoms with Gasteiger partial charge in [-0.15, -0.1) is 0 Å². The third-order valence-corrected chi connectivity index (χ3v) is 5.68. The molecule has 1 aromatic carbocycles. The molecule has 3 rings (SSSR count). The van der Waals surface area contributed by atoms with Crippen LogP contribution in [0.15, 0.2) is 73.7 Å². The van der Waals surface area contributed by atoms with Crippen LogP contribution in [0, 0.1) is 12.8 Å². The first-order chi connectivity index (χ1) is 18.2. The van der Waals surface area contributed by atoms with Crippen molar-refractivity contribution >= 4 is 11.9 Å². The Morgan fingerprint density at radius 1 is 1.24 bits per heavy atom. The van der Waals surface area contributed by atoms with E-state index in [1.54, 1.807) is 0 Å². The third kappa shape index (κ3) is 9.40. The maximum absolute atomic E-state index is 12.6. The Hall–Kier alpha value is -4.11. The lowest BCUT2D eigenvalue weighted by Crippen LogP contribution is -2.45. The van der Waals surface area contributed by atoms with Crippen molar-refractivity contribution in [3.8, 4) is 11.5 Å². The number of ether oxygens (including phenoxy) is 3. The minimum Gasteiger partial charge on any atom is -0.508 e. The van der Waals surface area contributed by atoms with Crippen LogP contribution in [0.25, 0.3) is 0 Å². The largest absolute Gasteiger partial charge is 0.508 e. The Labute approximate surface area is 223 Å². The van der Waals surface area contributed by atoms with Crippen molar-refractivity contribution in [3.05, 3.63) is 90.5 Å². The van der Waals surface area contributed by atoms with Crippen molar-refractivity contribution in [1.29, 1.82) is 0 Å². The Bertz CT molecular complexity index is 1130. The molecule has 38 heavy (non-hydrogen) atoms. The summed E-state index contributed by atoms with van der Waals surface area (Å²) >= 11 is 0. The summed E-state index contributed by atoms with van der Waals surface area (Å²) < 4.78 is 16.3. The Kier molecular flexibility index (Phi) is 12.1. The number of aliphatic hydroxyl groups is 1. The summed E-state index contributed by atoms with van der Waals surface area (Å²) in [6.07, 6.45) is 6.78. The smallest absolute Gasteiger partial charge is 0.331 e.